The van der Waals surface area contributed by atoms with Crippen LogP contribution in [0.15, 0.2) is 33.5 Å². The van der Waals surface area contributed by atoms with Gasteiger partial charge in [-0.2, -0.15) is 0 Å². The van der Waals surface area contributed by atoms with Crippen LogP contribution < -0.4 is 10.9 Å². The van der Waals surface area contributed by atoms with Crippen LogP contribution in [0.2, 0.25) is 5.02 Å². The Balaban J connectivity index is 1.67. The van der Waals surface area contributed by atoms with Crippen molar-refractivity contribution in [1.29, 1.82) is 0 Å². The molecule has 0 aliphatic carbocycles. The Labute approximate surface area is 143 Å². The summed E-state index contributed by atoms with van der Waals surface area (Å²) in [5.41, 5.74) is -0.513. The zero-order chi connectivity index (χ0) is 16.7. The van der Waals surface area contributed by atoms with E-state index >= 15 is 0 Å². The van der Waals surface area contributed by atoms with E-state index in [9.17, 15) is 9.59 Å². The lowest BCUT2D eigenvalue weighted by Crippen LogP contribution is -2.55. The summed E-state index contributed by atoms with van der Waals surface area (Å²) < 4.78 is 11.2. The molecule has 1 unspecified atom stereocenters. The van der Waals surface area contributed by atoms with Gasteiger partial charge in [-0.1, -0.05) is 11.6 Å². The molecule has 1 N–H and O–H groups in total. The summed E-state index contributed by atoms with van der Waals surface area (Å²) in [5, 5.41) is 4.43. The van der Waals surface area contributed by atoms with Crippen LogP contribution in [0.3, 0.4) is 0 Å². The molecule has 4 rings (SSSR count). The third kappa shape index (κ3) is 2.70. The Morgan fingerprint density at radius 3 is 3.00 bits per heavy atom. The van der Waals surface area contributed by atoms with E-state index < -0.39 is 5.63 Å². The highest BCUT2D eigenvalue weighted by Gasteiger charge is 2.41. The van der Waals surface area contributed by atoms with E-state index in [0.29, 0.717) is 35.7 Å². The molecule has 2 fully saturated rings. The van der Waals surface area contributed by atoms with E-state index in [1.165, 1.54) is 0 Å². The fraction of sp³-hybridized carbons (Fsp3) is 0.412. The summed E-state index contributed by atoms with van der Waals surface area (Å²) in [6.45, 7) is 3.01. The second-order valence-corrected chi connectivity index (χ2v) is 6.75. The highest BCUT2D eigenvalue weighted by atomic mass is 35.5. The summed E-state index contributed by atoms with van der Waals surface area (Å²) >= 11 is 5.98. The van der Waals surface area contributed by atoms with Crippen LogP contribution in [-0.4, -0.2) is 49.2 Å². The SMILES string of the molecule is O=C(c1cc2cc(Cl)ccc2oc1=O)N1CCOC2(CCNC2)C1. The number of morpholine rings is 1. The van der Waals surface area contributed by atoms with Gasteiger partial charge in [0.15, 0.2) is 0 Å². The van der Waals surface area contributed by atoms with E-state index in [4.69, 9.17) is 20.8 Å². The second kappa shape index (κ2) is 5.88. The molecule has 1 aromatic heterocycles. The molecule has 1 spiro atoms. The van der Waals surface area contributed by atoms with E-state index in [0.717, 1.165) is 19.5 Å². The number of hydrogen-bond donors (Lipinski definition) is 1. The summed E-state index contributed by atoms with van der Waals surface area (Å²) in [4.78, 5) is 26.8. The summed E-state index contributed by atoms with van der Waals surface area (Å²) in [6, 6.07) is 6.51. The van der Waals surface area contributed by atoms with Crippen LogP contribution in [0.4, 0.5) is 0 Å². The molecule has 0 saturated carbocycles. The van der Waals surface area contributed by atoms with Gasteiger partial charge in [0.2, 0.25) is 0 Å². The van der Waals surface area contributed by atoms with Gasteiger partial charge in [-0.05, 0) is 37.2 Å². The van der Waals surface area contributed by atoms with Crippen molar-refractivity contribution in [3.8, 4) is 0 Å². The number of nitrogens with one attached hydrogen (secondary N) is 1. The monoisotopic (exact) mass is 348 g/mol. The predicted molar refractivity (Wildman–Crippen MR) is 89.6 cm³/mol. The standard InChI is InChI=1S/C17H17ClN2O4/c18-12-1-2-14-11(7-12)8-13(16(22)24-14)15(21)20-5-6-23-17(10-20)3-4-19-9-17/h1-2,7-8,19H,3-6,9-10H2. The van der Waals surface area contributed by atoms with E-state index in [1.807, 2.05) is 0 Å². The molecule has 24 heavy (non-hydrogen) atoms. The van der Waals surface area contributed by atoms with Crippen LogP contribution in [-0.2, 0) is 4.74 Å². The van der Waals surface area contributed by atoms with Gasteiger partial charge in [-0.3, -0.25) is 4.79 Å². The first-order chi connectivity index (χ1) is 11.6. The van der Waals surface area contributed by atoms with E-state index in [-0.39, 0.29) is 17.1 Å². The Morgan fingerprint density at radius 1 is 1.33 bits per heavy atom. The van der Waals surface area contributed by atoms with Gasteiger partial charge in [0.05, 0.1) is 18.8 Å². The third-order valence-corrected chi connectivity index (χ3v) is 4.90. The average Bonchev–Trinajstić information content (AvgIpc) is 3.01. The van der Waals surface area contributed by atoms with Crippen LogP contribution in [0.25, 0.3) is 11.0 Å². The number of amides is 1. The number of carbonyl (C=O) groups excluding carboxylic acids is 1. The van der Waals surface area contributed by atoms with Gasteiger partial charge < -0.3 is 19.4 Å². The van der Waals surface area contributed by atoms with Gasteiger partial charge >= 0.3 is 5.63 Å². The molecule has 7 heteroatoms. The molecule has 2 aliphatic heterocycles. The Morgan fingerprint density at radius 2 is 2.21 bits per heavy atom. The van der Waals surface area contributed by atoms with Gasteiger partial charge in [0, 0.05) is 23.5 Å². The zero-order valence-electron chi connectivity index (χ0n) is 13.0. The minimum Gasteiger partial charge on any atom is -0.422 e. The number of carbonyl (C=O) groups is 1. The van der Waals surface area contributed by atoms with Crippen molar-refractivity contribution >= 4 is 28.5 Å². The molecule has 2 aromatic rings. The first-order valence-corrected chi connectivity index (χ1v) is 8.32. The predicted octanol–water partition coefficient (Wildman–Crippen LogP) is 1.65. The molecule has 3 heterocycles. The number of fused-ring (bicyclic) bond motifs is 1. The number of ether oxygens (including phenoxy) is 1. The van der Waals surface area contributed by atoms with Crippen molar-refractivity contribution < 1.29 is 13.9 Å². The molecule has 2 aliphatic rings. The molecule has 1 atom stereocenters. The minimum absolute atomic E-state index is 0.0350. The highest BCUT2D eigenvalue weighted by Crippen LogP contribution is 2.26. The van der Waals surface area contributed by atoms with E-state index in [2.05, 4.69) is 5.32 Å². The first-order valence-electron chi connectivity index (χ1n) is 7.94. The van der Waals surface area contributed by atoms with Crippen molar-refractivity contribution in [3.05, 3.63) is 45.3 Å². The normalized spacial score (nSPS) is 24.0. The molecule has 126 valence electrons. The largest absolute Gasteiger partial charge is 0.422 e. The van der Waals surface area contributed by atoms with Gasteiger partial charge in [-0.25, -0.2) is 4.79 Å². The molecule has 1 amide bonds. The second-order valence-electron chi connectivity index (χ2n) is 6.31. The smallest absolute Gasteiger partial charge is 0.349 e. The van der Waals surface area contributed by atoms with Crippen LogP contribution in [0.1, 0.15) is 16.8 Å². The molecule has 0 bridgehead atoms. The summed E-state index contributed by atoms with van der Waals surface area (Å²) in [7, 11) is 0. The lowest BCUT2D eigenvalue weighted by atomic mass is 10.00. The lowest BCUT2D eigenvalue weighted by molar-refractivity contribution is -0.0867. The van der Waals surface area contributed by atoms with Crippen LogP contribution >= 0.6 is 11.6 Å². The van der Waals surface area contributed by atoms with Gasteiger partial charge in [0.1, 0.15) is 11.1 Å². The number of hydrogen-bond acceptors (Lipinski definition) is 5. The fourth-order valence-electron chi connectivity index (χ4n) is 3.41. The zero-order valence-corrected chi connectivity index (χ0v) is 13.8. The summed E-state index contributed by atoms with van der Waals surface area (Å²) in [5.74, 6) is -0.319. The van der Waals surface area contributed by atoms with Crippen LogP contribution in [0, 0.1) is 0 Å². The Hall–Kier alpha value is -1.89. The molecular formula is C17H17ClN2O4. The molecule has 0 radical (unpaired) electrons. The molecule has 6 nitrogen and oxygen atoms in total. The molecular weight excluding hydrogens is 332 g/mol. The first kappa shape index (κ1) is 15.6. The fourth-order valence-corrected chi connectivity index (χ4v) is 3.59. The number of nitrogens with zero attached hydrogens (tertiary/aromatic N) is 1. The van der Waals surface area contributed by atoms with Gasteiger partial charge in [0.25, 0.3) is 5.91 Å². The maximum absolute atomic E-state index is 12.8. The van der Waals surface area contributed by atoms with Crippen molar-refractivity contribution in [2.45, 2.75) is 12.0 Å². The number of benzene rings is 1. The minimum atomic E-state index is -0.625. The number of rotatable bonds is 1. The van der Waals surface area contributed by atoms with Crippen molar-refractivity contribution in [1.82, 2.24) is 10.2 Å². The van der Waals surface area contributed by atoms with Crippen molar-refractivity contribution in [3.63, 3.8) is 0 Å². The Bertz CT molecular complexity index is 857. The van der Waals surface area contributed by atoms with Crippen molar-refractivity contribution in [2.75, 3.05) is 32.8 Å². The summed E-state index contributed by atoms with van der Waals surface area (Å²) in [6.07, 6.45) is 0.860. The molecule has 2 saturated heterocycles. The van der Waals surface area contributed by atoms with Gasteiger partial charge in [-0.15, -0.1) is 0 Å². The molecule has 1 aromatic carbocycles. The quantitative estimate of drug-likeness (QED) is 0.793. The maximum atomic E-state index is 12.8. The third-order valence-electron chi connectivity index (χ3n) is 4.66. The Kier molecular flexibility index (Phi) is 3.83. The average molecular weight is 349 g/mol. The maximum Gasteiger partial charge on any atom is 0.349 e. The van der Waals surface area contributed by atoms with E-state index in [1.54, 1.807) is 29.2 Å². The van der Waals surface area contributed by atoms with Crippen LogP contribution in [0.5, 0.6) is 0 Å². The topological polar surface area (TPSA) is 71.8 Å². The highest BCUT2D eigenvalue weighted by molar-refractivity contribution is 6.31. The number of halogens is 1. The lowest BCUT2D eigenvalue weighted by Gasteiger charge is -2.39. The van der Waals surface area contributed by atoms with Crippen molar-refractivity contribution in [2.24, 2.45) is 0 Å².